The average Bonchev–Trinajstić information content (AvgIpc) is 2.69. The maximum Gasteiger partial charge on any atom is 0.115 e. The molecule has 1 fully saturated rings. The van der Waals surface area contributed by atoms with Gasteiger partial charge in [0.15, 0.2) is 0 Å². The van der Waals surface area contributed by atoms with Crippen molar-refractivity contribution in [3.05, 3.63) is 29.8 Å². The number of hydrogen-bond donors (Lipinski definition) is 1. The number of hydrogen-bond acceptors (Lipinski definition) is 1. The predicted octanol–water partition coefficient (Wildman–Crippen LogP) is 2.52. The van der Waals surface area contributed by atoms with Crippen molar-refractivity contribution in [2.75, 3.05) is 0 Å². The summed E-state index contributed by atoms with van der Waals surface area (Å²) in [6, 6.07) is 7.56. The zero-order valence-electron chi connectivity index (χ0n) is 6.62. The molecule has 0 amide bonds. The molecule has 1 nitrogen and oxygen atoms in total. The molecule has 0 aromatic heterocycles. The molecule has 1 aliphatic rings. The summed E-state index contributed by atoms with van der Waals surface area (Å²) in [7, 11) is 0. The quantitative estimate of drug-likeness (QED) is 0.648. The molecule has 1 saturated carbocycles. The summed E-state index contributed by atoms with van der Waals surface area (Å²) in [6.07, 6.45) is 1.31. The molecule has 1 N–H and O–H groups in total. The van der Waals surface area contributed by atoms with Crippen molar-refractivity contribution in [1.82, 2.24) is 0 Å². The van der Waals surface area contributed by atoms with E-state index in [0.717, 1.165) is 11.8 Å². The fraction of sp³-hybridized carbons (Fsp3) is 0.400. The van der Waals surface area contributed by atoms with E-state index in [2.05, 4.69) is 6.92 Å². The van der Waals surface area contributed by atoms with Gasteiger partial charge >= 0.3 is 0 Å². The molecule has 0 bridgehead atoms. The van der Waals surface area contributed by atoms with Gasteiger partial charge in [-0.05, 0) is 36.0 Å². The smallest absolute Gasteiger partial charge is 0.115 e. The van der Waals surface area contributed by atoms with Crippen LogP contribution in [-0.2, 0) is 0 Å². The summed E-state index contributed by atoms with van der Waals surface area (Å²) in [4.78, 5) is 0. The zero-order valence-corrected chi connectivity index (χ0v) is 6.62. The molecule has 1 aliphatic carbocycles. The van der Waals surface area contributed by atoms with Gasteiger partial charge in [-0.2, -0.15) is 0 Å². The summed E-state index contributed by atoms with van der Waals surface area (Å²) >= 11 is 0. The zero-order chi connectivity index (χ0) is 7.84. The van der Waals surface area contributed by atoms with Crippen molar-refractivity contribution in [2.24, 2.45) is 5.92 Å². The van der Waals surface area contributed by atoms with Crippen LogP contribution in [0.25, 0.3) is 0 Å². The average molecular weight is 148 g/mol. The molecular formula is C10H12O. The topological polar surface area (TPSA) is 20.2 Å². The Labute approximate surface area is 66.7 Å². The third kappa shape index (κ3) is 1.23. The SMILES string of the molecule is C[C@@H]1C[C@H]1c1ccc(O)cc1. The van der Waals surface area contributed by atoms with E-state index in [1.54, 1.807) is 12.1 Å². The Morgan fingerprint density at radius 3 is 2.27 bits per heavy atom. The summed E-state index contributed by atoms with van der Waals surface area (Å²) < 4.78 is 0. The second kappa shape index (κ2) is 2.26. The van der Waals surface area contributed by atoms with Gasteiger partial charge in [-0.25, -0.2) is 0 Å². The highest BCUT2D eigenvalue weighted by Gasteiger charge is 2.33. The highest BCUT2D eigenvalue weighted by molar-refractivity contribution is 5.31. The Morgan fingerprint density at radius 1 is 1.27 bits per heavy atom. The minimum Gasteiger partial charge on any atom is -0.508 e. The predicted molar refractivity (Wildman–Crippen MR) is 44.6 cm³/mol. The van der Waals surface area contributed by atoms with Crippen LogP contribution in [0, 0.1) is 5.92 Å². The van der Waals surface area contributed by atoms with Gasteiger partial charge in [-0.1, -0.05) is 19.1 Å². The van der Waals surface area contributed by atoms with E-state index in [4.69, 9.17) is 5.11 Å². The van der Waals surface area contributed by atoms with E-state index in [1.165, 1.54) is 12.0 Å². The largest absolute Gasteiger partial charge is 0.508 e. The molecule has 1 aromatic rings. The third-order valence-electron chi connectivity index (χ3n) is 2.43. The van der Waals surface area contributed by atoms with E-state index in [-0.39, 0.29) is 0 Å². The van der Waals surface area contributed by atoms with Crippen molar-refractivity contribution in [2.45, 2.75) is 19.3 Å². The Morgan fingerprint density at radius 2 is 1.82 bits per heavy atom. The van der Waals surface area contributed by atoms with Gasteiger partial charge in [0.1, 0.15) is 5.75 Å². The fourth-order valence-electron chi connectivity index (χ4n) is 1.51. The lowest BCUT2D eigenvalue weighted by Gasteiger charge is -1.97. The molecule has 0 saturated heterocycles. The van der Waals surface area contributed by atoms with Gasteiger partial charge in [0, 0.05) is 0 Å². The van der Waals surface area contributed by atoms with Gasteiger partial charge in [0.25, 0.3) is 0 Å². The van der Waals surface area contributed by atoms with Gasteiger partial charge in [-0.15, -0.1) is 0 Å². The van der Waals surface area contributed by atoms with Gasteiger partial charge in [0.05, 0.1) is 0 Å². The van der Waals surface area contributed by atoms with Gasteiger partial charge in [0.2, 0.25) is 0 Å². The van der Waals surface area contributed by atoms with Crippen LogP contribution < -0.4 is 0 Å². The monoisotopic (exact) mass is 148 g/mol. The number of benzene rings is 1. The normalized spacial score (nSPS) is 28.5. The minimum absolute atomic E-state index is 0.363. The first-order chi connectivity index (χ1) is 5.27. The number of aromatic hydroxyl groups is 1. The lowest BCUT2D eigenvalue weighted by molar-refractivity contribution is 0.475. The summed E-state index contributed by atoms with van der Waals surface area (Å²) in [5.74, 6) is 1.97. The molecule has 1 aromatic carbocycles. The van der Waals surface area contributed by atoms with Crippen LogP contribution in [-0.4, -0.2) is 5.11 Å². The third-order valence-corrected chi connectivity index (χ3v) is 2.43. The number of phenolic OH excluding ortho intramolecular Hbond substituents is 1. The van der Waals surface area contributed by atoms with Crippen LogP contribution in [0.5, 0.6) is 5.75 Å². The molecule has 0 aliphatic heterocycles. The molecule has 0 heterocycles. The van der Waals surface area contributed by atoms with Crippen molar-refractivity contribution >= 4 is 0 Å². The highest BCUT2D eigenvalue weighted by atomic mass is 16.3. The summed E-state index contributed by atoms with van der Waals surface area (Å²) in [5.41, 5.74) is 1.37. The van der Waals surface area contributed by atoms with Crippen molar-refractivity contribution in [1.29, 1.82) is 0 Å². The Bertz CT molecular complexity index is 250. The Hall–Kier alpha value is -0.980. The summed E-state index contributed by atoms with van der Waals surface area (Å²) in [5, 5.41) is 9.02. The highest BCUT2D eigenvalue weighted by Crippen LogP contribution is 2.46. The van der Waals surface area contributed by atoms with E-state index >= 15 is 0 Å². The standard InChI is InChI=1S/C10H12O/c1-7-6-10(7)8-2-4-9(11)5-3-8/h2-5,7,10-11H,6H2,1H3/t7-,10-/m1/s1. The molecular weight excluding hydrogens is 136 g/mol. The van der Waals surface area contributed by atoms with E-state index in [0.29, 0.717) is 5.75 Å². The first-order valence-corrected chi connectivity index (χ1v) is 4.06. The molecule has 0 radical (unpaired) electrons. The molecule has 2 rings (SSSR count). The van der Waals surface area contributed by atoms with E-state index in [1.807, 2.05) is 12.1 Å². The first kappa shape index (κ1) is 6.71. The van der Waals surface area contributed by atoms with Crippen LogP contribution in [0.3, 0.4) is 0 Å². The maximum atomic E-state index is 9.02. The van der Waals surface area contributed by atoms with E-state index in [9.17, 15) is 0 Å². The van der Waals surface area contributed by atoms with Crippen LogP contribution in [0.15, 0.2) is 24.3 Å². The van der Waals surface area contributed by atoms with Crippen LogP contribution >= 0.6 is 0 Å². The van der Waals surface area contributed by atoms with E-state index < -0.39 is 0 Å². The van der Waals surface area contributed by atoms with Crippen molar-refractivity contribution < 1.29 is 5.11 Å². The second-order valence-electron chi connectivity index (χ2n) is 3.41. The van der Waals surface area contributed by atoms with Crippen LogP contribution in [0.1, 0.15) is 24.8 Å². The first-order valence-electron chi connectivity index (χ1n) is 4.06. The molecule has 1 heteroatoms. The molecule has 2 atom stereocenters. The van der Waals surface area contributed by atoms with Crippen molar-refractivity contribution in [3.63, 3.8) is 0 Å². The molecule has 58 valence electrons. The minimum atomic E-state index is 0.363. The lowest BCUT2D eigenvalue weighted by Crippen LogP contribution is -1.78. The molecule has 0 unspecified atom stereocenters. The maximum absolute atomic E-state index is 9.02. The number of rotatable bonds is 1. The molecule has 0 spiro atoms. The Balaban J connectivity index is 2.21. The van der Waals surface area contributed by atoms with Gasteiger partial charge in [-0.3, -0.25) is 0 Å². The summed E-state index contributed by atoms with van der Waals surface area (Å²) in [6.45, 7) is 2.26. The van der Waals surface area contributed by atoms with Crippen LogP contribution in [0.2, 0.25) is 0 Å². The molecule has 11 heavy (non-hydrogen) atoms. The fourth-order valence-corrected chi connectivity index (χ4v) is 1.51. The van der Waals surface area contributed by atoms with Crippen molar-refractivity contribution in [3.8, 4) is 5.75 Å². The van der Waals surface area contributed by atoms with Gasteiger partial charge < -0.3 is 5.11 Å². The second-order valence-corrected chi connectivity index (χ2v) is 3.41. The lowest BCUT2D eigenvalue weighted by atomic mass is 10.1. The Kier molecular flexibility index (Phi) is 1.38. The number of phenols is 1. The van der Waals surface area contributed by atoms with Crippen LogP contribution in [0.4, 0.5) is 0 Å².